The van der Waals surface area contributed by atoms with Gasteiger partial charge in [0.05, 0.1) is 6.04 Å². The van der Waals surface area contributed by atoms with Gasteiger partial charge in [0.25, 0.3) is 5.91 Å². The number of amides is 1. The Morgan fingerprint density at radius 1 is 1.07 bits per heavy atom. The predicted molar refractivity (Wildman–Crippen MR) is 104 cm³/mol. The molecule has 0 bridgehead atoms. The van der Waals surface area contributed by atoms with E-state index < -0.39 is 18.5 Å². The summed E-state index contributed by atoms with van der Waals surface area (Å²) in [5.41, 5.74) is 0.901. The maximum absolute atomic E-state index is 12.2. The van der Waals surface area contributed by atoms with E-state index in [1.165, 1.54) is 6.07 Å². The Bertz CT molecular complexity index is 985. The van der Waals surface area contributed by atoms with Gasteiger partial charge in [-0.05, 0) is 36.1 Å². The summed E-state index contributed by atoms with van der Waals surface area (Å²) in [6, 6.07) is 17.2. The number of benzene rings is 3. The minimum Gasteiger partial charge on any atom is -0.506 e. The first-order valence-corrected chi connectivity index (χ1v) is 8.76. The first kappa shape index (κ1) is 18.7. The summed E-state index contributed by atoms with van der Waals surface area (Å²) in [4.78, 5) is 24.3. The molecule has 138 valence electrons. The fourth-order valence-electron chi connectivity index (χ4n) is 2.75. The zero-order valence-electron chi connectivity index (χ0n) is 14.6. The third-order valence-electron chi connectivity index (χ3n) is 4.20. The maximum atomic E-state index is 12.2. The van der Waals surface area contributed by atoms with Crippen molar-refractivity contribution in [3.63, 3.8) is 0 Å². The average Bonchev–Trinajstić information content (AvgIpc) is 2.67. The van der Waals surface area contributed by atoms with Gasteiger partial charge in [-0.3, -0.25) is 4.79 Å². The van der Waals surface area contributed by atoms with Gasteiger partial charge in [0.15, 0.2) is 6.61 Å². The average molecular weight is 384 g/mol. The van der Waals surface area contributed by atoms with Gasteiger partial charge in [0.2, 0.25) is 0 Å². The summed E-state index contributed by atoms with van der Waals surface area (Å²) < 4.78 is 5.04. The number of phenolic OH excluding ortho intramolecular Hbond substituents is 1. The Hall–Kier alpha value is -3.05. The van der Waals surface area contributed by atoms with E-state index in [9.17, 15) is 14.7 Å². The summed E-state index contributed by atoms with van der Waals surface area (Å²) in [5.74, 6) is -1.35. The molecule has 27 heavy (non-hydrogen) atoms. The summed E-state index contributed by atoms with van der Waals surface area (Å²) in [6.07, 6.45) is 0. The molecule has 3 aromatic rings. The van der Waals surface area contributed by atoms with Gasteiger partial charge in [-0.2, -0.15) is 0 Å². The number of esters is 1. The van der Waals surface area contributed by atoms with Gasteiger partial charge in [-0.25, -0.2) is 4.79 Å². The fraction of sp³-hybridized carbons (Fsp3) is 0.143. The van der Waals surface area contributed by atoms with E-state index in [-0.39, 0.29) is 17.4 Å². The monoisotopic (exact) mass is 383 g/mol. The lowest BCUT2D eigenvalue weighted by molar-refractivity contribution is -0.124. The number of aromatic hydroxyl groups is 1. The summed E-state index contributed by atoms with van der Waals surface area (Å²) in [5, 5.41) is 15.0. The Morgan fingerprint density at radius 3 is 2.52 bits per heavy atom. The van der Waals surface area contributed by atoms with Crippen LogP contribution in [0.5, 0.6) is 5.75 Å². The molecule has 0 aromatic heterocycles. The number of hydrogen-bond donors (Lipinski definition) is 2. The van der Waals surface area contributed by atoms with Crippen LogP contribution in [0.1, 0.15) is 28.9 Å². The van der Waals surface area contributed by atoms with Crippen LogP contribution in [0.15, 0.2) is 60.7 Å². The van der Waals surface area contributed by atoms with Crippen LogP contribution in [-0.2, 0) is 9.53 Å². The number of rotatable bonds is 5. The lowest BCUT2D eigenvalue weighted by Crippen LogP contribution is -2.31. The van der Waals surface area contributed by atoms with E-state index in [1.54, 1.807) is 30.3 Å². The number of fused-ring (bicyclic) bond motifs is 1. The largest absolute Gasteiger partial charge is 0.506 e. The van der Waals surface area contributed by atoms with Crippen molar-refractivity contribution < 1.29 is 19.4 Å². The first-order chi connectivity index (χ1) is 13.0. The Morgan fingerprint density at radius 2 is 1.78 bits per heavy atom. The first-order valence-electron chi connectivity index (χ1n) is 8.38. The zero-order chi connectivity index (χ0) is 19.4. The van der Waals surface area contributed by atoms with E-state index >= 15 is 0 Å². The summed E-state index contributed by atoms with van der Waals surface area (Å²) in [6.45, 7) is 1.38. The smallest absolute Gasteiger partial charge is 0.342 e. The highest BCUT2D eigenvalue weighted by Crippen LogP contribution is 2.29. The minimum atomic E-state index is -0.757. The van der Waals surface area contributed by atoms with Gasteiger partial charge in [-0.15, -0.1) is 0 Å². The normalized spacial score (nSPS) is 11.8. The van der Waals surface area contributed by atoms with Crippen LogP contribution in [0.3, 0.4) is 0 Å². The molecule has 1 amide bonds. The highest BCUT2D eigenvalue weighted by atomic mass is 35.5. The van der Waals surface area contributed by atoms with Crippen molar-refractivity contribution in [2.24, 2.45) is 0 Å². The topological polar surface area (TPSA) is 75.6 Å². The Kier molecular flexibility index (Phi) is 5.62. The second-order valence-corrected chi connectivity index (χ2v) is 6.54. The van der Waals surface area contributed by atoms with Gasteiger partial charge in [0, 0.05) is 10.4 Å². The van der Waals surface area contributed by atoms with Crippen LogP contribution in [0.4, 0.5) is 0 Å². The number of nitrogens with one attached hydrogen (secondary N) is 1. The Balaban J connectivity index is 1.61. The number of ether oxygens (including phenoxy) is 1. The molecule has 0 fully saturated rings. The molecule has 0 aliphatic rings. The quantitative estimate of drug-likeness (QED) is 0.646. The molecular formula is C21H18ClNO4. The van der Waals surface area contributed by atoms with Crippen molar-refractivity contribution >= 4 is 34.2 Å². The molecule has 3 aromatic carbocycles. The van der Waals surface area contributed by atoms with Crippen LogP contribution >= 0.6 is 11.6 Å². The van der Waals surface area contributed by atoms with Crippen molar-refractivity contribution in [3.05, 3.63) is 76.8 Å². The van der Waals surface area contributed by atoms with Gasteiger partial charge in [-0.1, -0.05) is 54.1 Å². The molecular weight excluding hydrogens is 366 g/mol. The molecule has 1 atom stereocenters. The number of carbonyl (C=O) groups is 2. The van der Waals surface area contributed by atoms with E-state index in [0.717, 1.165) is 10.9 Å². The second-order valence-electron chi connectivity index (χ2n) is 6.10. The van der Waals surface area contributed by atoms with Gasteiger partial charge >= 0.3 is 5.97 Å². The lowest BCUT2D eigenvalue weighted by atomic mass is 10.1. The molecule has 0 saturated heterocycles. The van der Waals surface area contributed by atoms with Crippen LogP contribution in [0, 0.1) is 0 Å². The molecule has 3 rings (SSSR count). The molecule has 0 aliphatic heterocycles. The fourth-order valence-corrected chi connectivity index (χ4v) is 2.87. The van der Waals surface area contributed by atoms with Crippen molar-refractivity contribution in [3.8, 4) is 5.75 Å². The number of carbonyl (C=O) groups excluding carboxylic acids is 2. The third-order valence-corrected chi connectivity index (χ3v) is 4.45. The SMILES string of the molecule is C[C@H](NC(=O)COC(=O)c1ccc2ccccc2c1O)c1ccc(Cl)cc1. The molecule has 0 saturated carbocycles. The highest BCUT2D eigenvalue weighted by Gasteiger charge is 2.17. The number of hydrogen-bond acceptors (Lipinski definition) is 4. The molecule has 5 nitrogen and oxygen atoms in total. The van der Waals surface area contributed by atoms with Crippen LogP contribution in [0.25, 0.3) is 10.8 Å². The van der Waals surface area contributed by atoms with Crippen LogP contribution < -0.4 is 5.32 Å². The standard InChI is InChI=1S/C21H18ClNO4/c1-13(14-6-9-16(22)10-7-14)23-19(24)12-27-21(26)18-11-8-15-4-2-3-5-17(15)20(18)25/h2-11,13,25H,12H2,1H3,(H,23,24)/t13-/m0/s1. The molecule has 0 aliphatic carbocycles. The molecule has 2 N–H and O–H groups in total. The molecule has 6 heteroatoms. The van der Waals surface area contributed by atoms with E-state index in [0.29, 0.717) is 10.4 Å². The second kappa shape index (κ2) is 8.10. The number of halogens is 1. The van der Waals surface area contributed by atoms with E-state index in [1.807, 2.05) is 31.2 Å². The van der Waals surface area contributed by atoms with Crippen molar-refractivity contribution in [1.82, 2.24) is 5.32 Å². The number of phenols is 1. The Labute approximate surface area is 161 Å². The van der Waals surface area contributed by atoms with Gasteiger partial charge < -0.3 is 15.2 Å². The van der Waals surface area contributed by atoms with Crippen LogP contribution in [0.2, 0.25) is 5.02 Å². The molecule has 0 unspecified atom stereocenters. The minimum absolute atomic E-state index is 0.0206. The van der Waals surface area contributed by atoms with Crippen molar-refractivity contribution in [2.45, 2.75) is 13.0 Å². The predicted octanol–water partition coefficient (Wildman–Crippen LogP) is 4.23. The summed E-state index contributed by atoms with van der Waals surface area (Å²) in [7, 11) is 0. The molecule has 0 radical (unpaired) electrons. The molecule has 0 heterocycles. The van der Waals surface area contributed by atoms with Crippen LogP contribution in [-0.4, -0.2) is 23.6 Å². The lowest BCUT2D eigenvalue weighted by Gasteiger charge is -2.14. The third kappa shape index (κ3) is 4.38. The van der Waals surface area contributed by atoms with Crippen molar-refractivity contribution in [1.29, 1.82) is 0 Å². The van der Waals surface area contributed by atoms with E-state index in [2.05, 4.69) is 5.32 Å². The highest BCUT2D eigenvalue weighted by molar-refractivity contribution is 6.30. The van der Waals surface area contributed by atoms with Crippen molar-refractivity contribution in [2.75, 3.05) is 6.61 Å². The molecule has 0 spiro atoms. The van der Waals surface area contributed by atoms with E-state index in [4.69, 9.17) is 16.3 Å². The zero-order valence-corrected chi connectivity index (χ0v) is 15.4. The maximum Gasteiger partial charge on any atom is 0.342 e. The summed E-state index contributed by atoms with van der Waals surface area (Å²) >= 11 is 5.85. The van der Waals surface area contributed by atoms with Gasteiger partial charge in [0.1, 0.15) is 11.3 Å².